The number of thiophene rings is 1. The molecule has 6 heteroatoms. The Hall–Kier alpha value is -2.20. The van der Waals surface area contributed by atoms with Crippen molar-refractivity contribution in [2.24, 2.45) is 0 Å². The van der Waals surface area contributed by atoms with Gasteiger partial charge in [0.05, 0.1) is 18.2 Å². The first-order chi connectivity index (χ1) is 13.5. The second-order valence-corrected chi connectivity index (χ2v) is 8.96. The summed E-state index contributed by atoms with van der Waals surface area (Å²) in [6.45, 7) is 5.01. The summed E-state index contributed by atoms with van der Waals surface area (Å²) in [7, 11) is 4.14. The first-order valence-corrected chi connectivity index (χ1v) is 10.7. The molecule has 2 aliphatic heterocycles. The summed E-state index contributed by atoms with van der Waals surface area (Å²) in [5.74, 6) is 0. The lowest BCUT2D eigenvalue weighted by molar-refractivity contribution is 0.313. The Balaban J connectivity index is 1.56. The molecule has 1 aromatic carbocycles. The lowest BCUT2D eigenvalue weighted by Crippen LogP contribution is -2.44. The fraction of sp³-hybridized carbons (Fsp3) is 0.318. The number of anilines is 1. The van der Waals surface area contributed by atoms with Crippen molar-refractivity contribution >= 4 is 35.2 Å². The smallest absolute Gasteiger partial charge is 0.0973 e. The largest absolute Gasteiger partial charge is 0.374 e. The van der Waals surface area contributed by atoms with Gasteiger partial charge in [0.25, 0.3) is 0 Å². The molecule has 0 bridgehead atoms. The average molecular weight is 409 g/mol. The molecule has 4 rings (SSSR count). The molecule has 2 aliphatic rings. The Bertz CT molecular complexity index is 957. The molecule has 0 radical (unpaired) electrons. The lowest BCUT2D eigenvalue weighted by Gasteiger charge is -2.34. The Morgan fingerprint density at radius 1 is 0.964 bits per heavy atom. The SMILES string of the molecule is CN1C=C(S)C(c2ccc(-c3ccc(N4CCN(C)CC4)cc3)s2)=C(C#N)C1. The molecule has 3 heterocycles. The van der Waals surface area contributed by atoms with Crippen molar-refractivity contribution in [3.8, 4) is 16.5 Å². The van der Waals surface area contributed by atoms with Gasteiger partial charge >= 0.3 is 0 Å². The van der Waals surface area contributed by atoms with Crippen LogP contribution in [0.3, 0.4) is 0 Å². The van der Waals surface area contributed by atoms with Gasteiger partial charge in [0, 0.05) is 65.3 Å². The number of likely N-dealkylation sites (N-methyl/N-ethyl adjacent to an activating group) is 2. The van der Waals surface area contributed by atoms with E-state index in [0.717, 1.165) is 47.1 Å². The normalized spacial score (nSPS) is 18.3. The minimum Gasteiger partial charge on any atom is -0.374 e. The van der Waals surface area contributed by atoms with Crippen LogP contribution in [0.25, 0.3) is 16.0 Å². The fourth-order valence-corrected chi connectivity index (χ4v) is 5.32. The molecule has 0 aliphatic carbocycles. The van der Waals surface area contributed by atoms with E-state index in [1.54, 1.807) is 11.3 Å². The van der Waals surface area contributed by atoms with Crippen molar-refractivity contribution < 1.29 is 0 Å². The molecule has 1 saturated heterocycles. The highest BCUT2D eigenvalue weighted by atomic mass is 32.1. The van der Waals surface area contributed by atoms with Gasteiger partial charge in [0.15, 0.2) is 0 Å². The van der Waals surface area contributed by atoms with E-state index in [1.165, 1.54) is 16.1 Å². The number of hydrogen-bond acceptors (Lipinski definition) is 6. The van der Waals surface area contributed by atoms with E-state index in [1.807, 2.05) is 18.1 Å². The number of nitrogens with zero attached hydrogens (tertiary/aromatic N) is 4. The van der Waals surface area contributed by atoms with Gasteiger partial charge in [-0.3, -0.25) is 0 Å². The molecule has 0 N–H and O–H groups in total. The van der Waals surface area contributed by atoms with Gasteiger partial charge in [0.1, 0.15) is 0 Å². The Morgan fingerprint density at radius 2 is 1.64 bits per heavy atom. The molecule has 0 atom stereocenters. The number of benzene rings is 1. The van der Waals surface area contributed by atoms with Crippen molar-refractivity contribution in [1.29, 1.82) is 5.26 Å². The van der Waals surface area contributed by atoms with Crippen molar-refractivity contribution in [2.45, 2.75) is 0 Å². The van der Waals surface area contributed by atoms with E-state index in [9.17, 15) is 5.26 Å². The van der Waals surface area contributed by atoms with Crippen LogP contribution in [0.15, 0.2) is 53.1 Å². The number of rotatable bonds is 3. The zero-order valence-corrected chi connectivity index (χ0v) is 17.9. The Morgan fingerprint density at radius 3 is 2.32 bits per heavy atom. The molecule has 4 nitrogen and oxygen atoms in total. The summed E-state index contributed by atoms with van der Waals surface area (Å²) in [6.07, 6.45) is 1.99. The van der Waals surface area contributed by atoms with E-state index in [0.29, 0.717) is 6.54 Å². The molecule has 0 unspecified atom stereocenters. The van der Waals surface area contributed by atoms with Gasteiger partial charge in [0.2, 0.25) is 0 Å². The van der Waals surface area contributed by atoms with Crippen LogP contribution in [-0.4, -0.2) is 56.6 Å². The Kier molecular flexibility index (Phi) is 5.49. The molecule has 2 aromatic rings. The van der Waals surface area contributed by atoms with Gasteiger partial charge in [-0.1, -0.05) is 12.1 Å². The maximum absolute atomic E-state index is 9.55. The van der Waals surface area contributed by atoms with Crippen molar-refractivity contribution in [1.82, 2.24) is 9.80 Å². The van der Waals surface area contributed by atoms with Crippen molar-refractivity contribution in [3.63, 3.8) is 0 Å². The molecule has 28 heavy (non-hydrogen) atoms. The highest BCUT2D eigenvalue weighted by Gasteiger charge is 2.20. The minimum atomic E-state index is 0.628. The summed E-state index contributed by atoms with van der Waals surface area (Å²) in [5, 5.41) is 9.55. The van der Waals surface area contributed by atoms with Crippen LogP contribution in [0.5, 0.6) is 0 Å². The van der Waals surface area contributed by atoms with Crippen molar-refractivity contribution in [2.75, 3.05) is 51.7 Å². The topological polar surface area (TPSA) is 33.5 Å². The number of thiol groups is 1. The lowest BCUT2D eigenvalue weighted by atomic mass is 10.0. The number of piperazine rings is 1. The van der Waals surface area contributed by atoms with Crippen LogP contribution in [0.4, 0.5) is 5.69 Å². The second-order valence-electron chi connectivity index (χ2n) is 7.40. The maximum atomic E-state index is 9.55. The minimum absolute atomic E-state index is 0.628. The van der Waals surface area contributed by atoms with Gasteiger partial charge in [-0.2, -0.15) is 5.26 Å². The van der Waals surface area contributed by atoms with Crippen molar-refractivity contribution in [3.05, 3.63) is 58.0 Å². The summed E-state index contributed by atoms with van der Waals surface area (Å²) < 4.78 is 0. The van der Waals surface area contributed by atoms with E-state index < -0.39 is 0 Å². The molecule has 0 amide bonds. The van der Waals surface area contributed by atoms with E-state index in [2.05, 4.69) is 71.9 Å². The van der Waals surface area contributed by atoms with E-state index >= 15 is 0 Å². The zero-order chi connectivity index (χ0) is 19.7. The maximum Gasteiger partial charge on any atom is 0.0973 e. The monoisotopic (exact) mass is 408 g/mol. The summed E-state index contributed by atoms with van der Waals surface area (Å²) in [4.78, 5) is 9.98. The van der Waals surface area contributed by atoms with E-state index in [4.69, 9.17) is 0 Å². The van der Waals surface area contributed by atoms with Crippen LogP contribution < -0.4 is 4.90 Å². The molecule has 1 aromatic heterocycles. The Labute approximate surface area is 176 Å². The summed E-state index contributed by atoms with van der Waals surface area (Å²) >= 11 is 6.34. The fourth-order valence-electron chi connectivity index (χ4n) is 3.70. The summed E-state index contributed by atoms with van der Waals surface area (Å²) in [6, 6.07) is 15.5. The molecule has 0 saturated carbocycles. The first-order valence-electron chi connectivity index (χ1n) is 9.44. The zero-order valence-electron chi connectivity index (χ0n) is 16.2. The third-order valence-electron chi connectivity index (χ3n) is 5.32. The molecular formula is C22H24N4S2. The molecule has 0 spiro atoms. The van der Waals surface area contributed by atoms with Gasteiger partial charge in [-0.05, 0) is 36.9 Å². The average Bonchev–Trinajstić information content (AvgIpc) is 3.17. The first kappa shape index (κ1) is 19.1. The third kappa shape index (κ3) is 3.83. The third-order valence-corrected chi connectivity index (χ3v) is 6.81. The highest BCUT2D eigenvalue weighted by molar-refractivity contribution is 7.85. The van der Waals surface area contributed by atoms with E-state index in [-0.39, 0.29) is 0 Å². The van der Waals surface area contributed by atoms with Crippen LogP contribution in [0.1, 0.15) is 4.88 Å². The molecule has 144 valence electrons. The predicted octanol–water partition coefficient (Wildman–Crippen LogP) is 4.16. The molecular weight excluding hydrogens is 384 g/mol. The van der Waals surface area contributed by atoms with Crippen LogP contribution in [0.2, 0.25) is 0 Å². The number of nitriles is 1. The highest BCUT2D eigenvalue weighted by Crippen LogP contribution is 2.39. The number of hydrogen-bond donors (Lipinski definition) is 1. The van der Waals surface area contributed by atoms with Crippen LogP contribution in [-0.2, 0) is 0 Å². The summed E-state index contributed by atoms with van der Waals surface area (Å²) in [5.41, 5.74) is 4.24. The standard InChI is InChI=1S/C22H24N4S2/c1-24-9-11-26(12-10-24)18-5-3-16(4-6-18)20-7-8-21(28-20)22-17(13-23)14-25(2)15-19(22)27/h3-8,15,27H,9-12,14H2,1-2H3. The molecule has 1 fully saturated rings. The van der Waals surface area contributed by atoms with Crippen LogP contribution >= 0.6 is 24.0 Å². The second kappa shape index (κ2) is 8.04. The van der Waals surface area contributed by atoms with Gasteiger partial charge in [-0.25, -0.2) is 0 Å². The van der Waals surface area contributed by atoms with Crippen LogP contribution in [0, 0.1) is 11.3 Å². The van der Waals surface area contributed by atoms with Gasteiger partial charge in [-0.15, -0.1) is 24.0 Å². The number of allylic oxidation sites excluding steroid dienone is 1. The van der Waals surface area contributed by atoms with Gasteiger partial charge < -0.3 is 14.7 Å². The predicted molar refractivity (Wildman–Crippen MR) is 122 cm³/mol. The quantitative estimate of drug-likeness (QED) is 0.773.